The largest absolute Gasteiger partial charge is 0.461 e. The van der Waals surface area contributed by atoms with E-state index in [0.717, 1.165) is 13.8 Å². The molecule has 4 atom stereocenters. The summed E-state index contributed by atoms with van der Waals surface area (Å²) in [6.07, 6.45) is 6.69. The molecule has 5 heterocycles. The number of hydrogen-bond acceptors (Lipinski definition) is 7. The van der Waals surface area contributed by atoms with E-state index in [2.05, 4.69) is 0 Å². The summed E-state index contributed by atoms with van der Waals surface area (Å²) in [7, 11) is 0. The number of esters is 1. The molecule has 0 radical (unpaired) electrons. The van der Waals surface area contributed by atoms with Gasteiger partial charge in [-0.3, -0.25) is 0 Å². The van der Waals surface area contributed by atoms with Crippen LogP contribution in [0.15, 0.2) is 43.5 Å². The number of allylic oxidation sites excluding steroid dienone is 2. The second-order valence-electron chi connectivity index (χ2n) is 7.93. The Labute approximate surface area is 186 Å². The van der Waals surface area contributed by atoms with Crippen LogP contribution < -0.4 is 22.8 Å². The number of carbonyl (C=O) groups excluding carboxylic acids is 1. The van der Waals surface area contributed by atoms with Gasteiger partial charge in [-0.25, -0.2) is 51.8 Å². The first-order valence-electron chi connectivity index (χ1n) is 10.4. The zero-order valence-corrected chi connectivity index (χ0v) is 18.3. The highest BCUT2D eigenvalue weighted by Gasteiger charge is 2.34. The molecule has 0 aromatic carbocycles. The van der Waals surface area contributed by atoms with Crippen molar-refractivity contribution in [1.82, 2.24) is 27.9 Å². The predicted octanol–water partition coefficient (Wildman–Crippen LogP) is -0.933. The Bertz CT molecular complexity index is 1450. The highest BCUT2D eigenvalue weighted by molar-refractivity contribution is 5.76. The first-order valence-corrected chi connectivity index (χ1v) is 10.4. The Morgan fingerprint density at radius 3 is 1.82 bits per heavy atom. The molecule has 4 bridgehead atoms. The minimum absolute atomic E-state index is 0.148. The minimum Gasteiger partial charge on any atom is -0.461 e. The van der Waals surface area contributed by atoms with Crippen LogP contribution in [0.1, 0.15) is 44.9 Å². The van der Waals surface area contributed by atoms with Crippen molar-refractivity contribution in [2.24, 2.45) is 0 Å². The molecule has 0 saturated carbocycles. The first kappa shape index (κ1) is 22.1. The number of carbonyl (C=O) groups is 1. The molecule has 0 aliphatic carbocycles. The summed E-state index contributed by atoms with van der Waals surface area (Å²) in [4.78, 5) is 64.5. The van der Waals surface area contributed by atoms with Gasteiger partial charge in [0.05, 0.1) is 31.2 Å². The minimum atomic E-state index is -1.09. The Morgan fingerprint density at radius 1 is 0.788 bits per heavy atom. The van der Waals surface area contributed by atoms with Gasteiger partial charge < -0.3 is 4.74 Å². The lowest BCUT2D eigenvalue weighted by Gasteiger charge is -2.26. The third-order valence-corrected chi connectivity index (χ3v) is 5.89. The molecule has 2 aromatic rings. The van der Waals surface area contributed by atoms with Crippen LogP contribution in [0.5, 0.6) is 0 Å². The van der Waals surface area contributed by atoms with Crippen LogP contribution in [0.4, 0.5) is 0 Å². The van der Waals surface area contributed by atoms with Crippen molar-refractivity contribution in [2.75, 3.05) is 6.61 Å². The molecule has 2 aromatic heterocycles. The standard InChI is InChI=1S/C18H20N6O6.C2H3N/c1-10-3-5-12-9-30-14(25)13-6-4-11(2)22-16(27)20(18(29)24(13)22)8-7-19-15(26)21(10)23(12)17(19)28;1-2-3/h3-6,10-13H,7-9H2,1-2H3;1H3/t10-,11-,12-,13-;/m0./s1. The van der Waals surface area contributed by atoms with Gasteiger partial charge in [0, 0.05) is 6.92 Å². The summed E-state index contributed by atoms with van der Waals surface area (Å²) < 4.78 is 12.2. The van der Waals surface area contributed by atoms with Crippen molar-refractivity contribution < 1.29 is 9.53 Å². The van der Waals surface area contributed by atoms with Gasteiger partial charge in [-0.15, -0.1) is 0 Å². The number of nitriles is 1. The second kappa shape index (κ2) is 8.12. The molecule has 0 amide bonds. The maximum absolute atomic E-state index is 13.0. The predicted molar refractivity (Wildman–Crippen MR) is 114 cm³/mol. The van der Waals surface area contributed by atoms with Crippen LogP contribution in [-0.2, 0) is 22.6 Å². The average molecular weight is 457 g/mol. The lowest BCUT2D eigenvalue weighted by atomic mass is 10.2. The van der Waals surface area contributed by atoms with E-state index in [4.69, 9.17) is 10.00 Å². The zero-order chi connectivity index (χ0) is 24.0. The van der Waals surface area contributed by atoms with E-state index in [1.165, 1.54) is 27.0 Å². The molecular weight excluding hydrogens is 434 g/mol. The highest BCUT2D eigenvalue weighted by atomic mass is 16.5. The maximum atomic E-state index is 13.0. The zero-order valence-electron chi connectivity index (χ0n) is 18.3. The molecule has 3 aliphatic heterocycles. The fraction of sp³-hybridized carbons (Fsp3) is 0.500. The molecule has 13 heteroatoms. The number of nitrogens with zero attached hydrogens (tertiary/aromatic N) is 7. The lowest BCUT2D eigenvalue weighted by Crippen LogP contribution is -2.39. The van der Waals surface area contributed by atoms with Crippen LogP contribution in [0.25, 0.3) is 0 Å². The number of hydrogen-bond donors (Lipinski definition) is 0. The van der Waals surface area contributed by atoms with Crippen LogP contribution >= 0.6 is 0 Å². The number of cyclic esters (lactones) is 1. The van der Waals surface area contributed by atoms with Gasteiger partial charge >= 0.3 is 28.7 Å². The normalized spacial score (nSPS) is 25.0. The van der Waals surface area contributed by atoms with E-state index < -0.39 is 46.9 Å². The molecule has 13 nitrogen and oxygen atoms in total. The quantitative estimate of drug-likeness (QED) is 0.366. The molecule has 33 heavy (non-hydrogen) atoms. The van der Waals surface area contributed by atoms with E-state index in [0.29, 0.717) is 0 Å². The molecule has 0 saturated heterocycles. The van der Waals surface area contributed by atoms with Crippen molar-refractivity contribution in [1.29, 1.82) is 5.26 Å². The fourth-order valence-electron chi connectivity index (χ4n) is 4.34. The summed E-state index contributed by atoms with van der Waals surface area (Å²) in [6, 6.07) is -0.801. The Morgan fingerprint density at radius 2 is 1.24 bits per heavy atom. The van der Waals surface area contributed by atoms with E-state index in [1.54, 1.807) is 38.1 Å². The van der Waals surface area contributed by atoms with Crippen LogP contribution in [0.2, 0.25) is 0 Å². The average Bonchev–Trinajstić information content (AvgIpc) is 3.18. The third-order valence-electron chi connectivity index (χ3n) is 5.89. The smallest absolute Gasteiger partial charge is 0.348 e. The topological polar surface area (TPSA) is 148 Å². The fourth-order valence-corrected chi connectivity index (χ4v) is 4.34. The summed E-state index contributed by atoms with van der Waals surface area (Å²) in [5.41, 5.74) is -2.43. The molecule has 0 spiro atoms. The van der Waals surface area contributed by atoms with Gasteiger partial charge in [0.25, 0.3) is 0 Å². The van der Waals surface area contributed by atoms with Crippen LogP contribution in [0, 0.1) is 11.3 Å². The summed E-state index contributed by atoms with van der Waals surface area (Å²) in [5, 5.41) is 7.32. The third kappa shape index (κ3) is 3.25. The Balaban J connectivity index is 0.000000821. The maximum Gasteiger partial charge on any atom is 0.348 e. The van der Waals surface area contributed by atoms with Gasteiger partial charge in [-0.05, 0) is 13.8 Å². The van der Waals surface area contributed by atoms with Crippen LogP contribution in [0.3, 0.4) is 0 Å². The van der Waals surface area contributed by atoms with E-state index in [9.17, 15) is 24.0 Å². The van der Waals surface area contributed by atoms with Gasteiger partial charge in [-0.1, -0.05) is 24.3 Å². The molecule has 0 unspecified atom stereocenters. The molecule has 3 aliphatic rings. The molecule has 0 N–H and O–H groups in total. The first-order chi connectivity index (χ1) is 15.7. The van der Waals surface area contributed by atoms with Gasteiger partial charge in [0.2, 0.25) is 0 Å². The van der Waals surface area contributed by atoms with Crippen molar-refractivity contribution in [2.45, 2.75) is 58.0 Å². The number of ether oxygens (including phenoxy) is 1. The number of aromatic nitrogens is 6. The van der Waals surface area contributed by atoms with E-state index in [1.807, 2.05) is 0 Å². The molecule has 5 rings (SSSR count). The van der Waals surface area contributed by atoms with E-state index in [-0.39, 0.29) is 25.7 Å². The Hall–Kier alpha value is -4.08. The van der Waals surface area contributed by atoms with E-state index >= 15 is 0 Å². The summed E-state index contributed by atoms with van der Waals surface area (Å²) >= 11 is 0. The Kier molecular flexibility index (Phi) is 5.44. The van der Waals surface area contributed by atoms with Crippen molar-refractivity contribution >= 4 is 5.97 Å². The van der Waals surface area contributed by atoms with Crippen LogP contribution in [-0.4, -0.2) is 40.4 Å². The van der Waals surface area contributed by atoms with Crippen molar-refractivity contribution in [3.63, 3.8) is 0 Å². The van der Waals surface area contributed by atoms with Gasteiger partial charge in [0.1, 0.15) is 12.6 Å². The summed E-state index contributed by atoms with van der Waals surface area (Å²) in [5.74, 6) is -0.723. The lowest BCUT2D eigenvalue weighted by molar-refractivity contribution is -0.147. The summed E-state index contributed by atoms with van der Waals surface area (Å²) in [6.45, 7) is 4.40. The van der Waals surface area contributed by atoms with Gasteiger partial charge in [-0.2, -0.15) is 5.26 Å². The molecular formula is C20H23N7O6. The monoisotopic (exact) mass is 457 g/mol. The SMILES string of the molecule is CC#N.C[C@H]1C=C[C@H]2COC(=O)[C@@H]3C=C[C@H](C)n4c(=O)n(c(=O)n43)CCn3c(=O)n1n2c3=O. The molecule has 174 valence electrons. The second-order valence-corrected chi connectivity index (χ2v) is 7.93. The van der Waals surface area contributed by atoms with Gasteiger partial charge in [0.15, 0.2) is 6.04 Å². The van der Waals surface area contributed by atoms with Crippen molar-refractivity contribution in [3.8, 4) is 6.07 Å². The number of fused-ring (bicyclic) bond motifs is 2. The van der Waals surface area contributed by atoms with Crippen molar-refractivity contribution in [3.05, 3.63) is 66.2 Å². The molecule has 0 fully saturated rings. The number of rotatable bonds is 0. The highest BCUT2D eigenvalue weighted by Crippen LogP contribution is 2.22.